The third-order valence-electron chi connectivity index (χ3n) is 3.59. The van der Waals surface area contributed by atoms with Crippen LogP contribution in [0, 0.1) is 5.92 Å². The minimum atomic E-state index is -1.05. The van der Waals surface area contributed by atoms with Gasteiger partial charge in [-0.05, 0) is 30.0 Å². The van der Waals surface area contributed by atoms with Gasteiger partial charge < -0.3 is 10.4 Å². The molecule has 1 aliphatic rings. The van der Waals surface area contributed by atoms with Crippen LogP contribution >= 0.6 is 27.3 Å². The van der Waals surface area contributed by atoms with Gasteiger partial charge >= 0.3 is 5.97 Å². The minimum absolute atomic E-state index is 0.00273. The smallest absolute Gasteiger partial charge is 0.355 e. The summed E-state index contributed by atoms with van der Waals surface area (Å²) >= 11 is 4.67. The van der Waals surface area contributed by atoms with Crippen molar-refractivity contribution in [3.8, 4) is 0 Å². The normalized spacial score (nSPS) is 19.7. The Kier molecular flexibility index (Phi) is 4.26. The summed E-state index contributed by atoms with van der Waals surface area (Å²) in [5.41, 5.74) is 1.18. The fourth-order valence-corrected chi connectivity index (χ4v) is 3.50. The number of carboxylic acids is 1. The molecular formula is C15H13BrN2O3S. The maximum atomic E-state index is 12.1. The highest BCUT2D eigenvalue weighted by Crippen LogP contribution is 2.47. The molecule has 1 aromatic carbocycles. The Bertz CT molecular complexity index is 731. The highest BCUT2D eigenvalue weighted by Gasteiger charge is 2.43. The largest absolute Gasteiger partial charge is 0.476 e. The average molecular weight is 381 g/mol. The van der Waals surface area contributed by atoms with E-state index in [1.165, 1.54) is 16.7 Å². The van der Waals surface area contributed by atoms with Gasteiger partial charge in [-0.1, -0.05) is 28.1 Å². The van der Waals surface area contributed by atoms with Gasteiger partial charge in [0.05, 0.1) is 6.54 Å². The molecule has 1 heterocycles. The Morgan fingerprint density at radius 2 is 2.27 bits per heavy atom. The summed E-state index contributed by atoms with van der Waals surface area (Å²) in [5, 5.41) is 13.7. The second-order valence-electron chi connectivity index (χ2n) is 5.15. The summed E-state index contributed by atoms with van der Waals surface area (Å²) in [6.45, 7) is 0.276. The molecule has 114 valence electrons. The lowest BCUT2D eigenvalue weighted by molar-refractivity contribution is -0.122. The van der Waals surface area contributed by atoms with Crippen LogP contribution < -0.4 is 5.32 Å². The van der Waals surface area contributed by atoms with Crippen molar-refractivity contribution in [1.29, 1.82) is 0 Å². The number of nitrogens with one attached hydrogen (secondary N) is 1. The lowest BCUT2D eigenvalue weighted by Crippen LogP contribution is -2.24. The van der Waals surface area contributed by atoms with Crippen molar-refractivity contribution in [3.63, 3.8) is 0 Å². The maximum absolute atomic E-state index is 12.1. The Hall–Kier alpha value is -1.73. The van der Waals surface area contributed by atoms with E-state index >= 15 is 0 Å². The molecule has 0 aliphatic heterocycles. The first-order valence-corrected chi connectivity index (χ1v) is 8.42. The fraction of sp³-hybridized carbons (Fsp3) is 0.267. The Morgan fingerprint density at radius 1 is 1.45 bits per heavy atom. The van der Waals surface area contributed by atoms with Crippen LogP contribution in [0.1, 0.15) is 33.4 Å². The number of benzene rings is 1. The maximum Gasteiger partial charge on any atom is 0.355 e. The average Bonchev–Trinajstić information content (AvgIpc) is 3.15. The van der Waals surface area contributed by atoms with E-state index in [2.05, 4.69) is 26.2 Å². The number of carbonyl (C=O) groups is 2. The zero-order valence-corrected chi connectivity index (χ0v) is 13.9. The number of aromatic carboxylic acids is 1. The topological polar surface area (TPSA) is 79.3 Å². The molecule has 22 heavy (non-hydrogen) atoms. The molecule has 0 bridgehead atoms. The van der Waals surface area contributed by atoms with Crippen molar-refractivity contribution in [1.82, 2.24) is 10.3 Å². The number of thiazole rings is 1. The molecule has 2 atom stereocenters. The van der Waals surface area contributed by atoms with Crippen LogP contribution in [-0.2, 0) is 11.3 Å². The molecule has 2 unspecified atom stereocenters. The highest BCUT2D eigenvalue weighted by molar-refractivity contribution is 9.10. The molecule has 1 aliphatic carbocycles. The number of halogens is 1. The van der Waals surface area contributed by atoms with Gasteiger partial charge in [0.1, 0.15) is 5.01 Å². The second kappa shape index (κ2) is 6.18. The molecule has 5 nitrogen and oxygen atoms in total. The van der Waals surface area contributed by atoms with Crippen molar-refractivity contribution < 1.29 is 14.7 Å². The number of carbonyl (C=O) groups excluding carboxylic acids is 1. The monoisotopic (exact) mass is 380 g/mol. The molecule has 1 aromatic heterocycles. The third-order valence-corrected chi connectivity index (χ3v) is 4.93. The van der Waals surface area contributed by atoms with Gasteiger partial charge in [-0.3, -0.25) is 4.79 Å². The standard InChI is InChI=1S/C15H13BrN2O3S/c16-9-3-1-2-8(4-9)10-5-11(10)14(19)17-6-13-18-12(7-22-13)15(20)21/h1-4,7,10-11H,5-6H2,(H,17,19)(H,20,21). The second-order valence-corrected chi connectivity index (χ2v) is 7.01. The fourth-order valence-electron chi connectivity index (χ4n) is 2.37. The van der Waals surface area contributed by atoms with Gasteiger partial charge in [0.15, 0.2) is 5.69 Å². The first kappa shape index (κ1) is 15.2. The zero-order valence-electron chi connectivity index (χ0n) is 11.5. The molecule has 2 N–H and O–H groups in total. The predicted octanol–water partition coefficient (Wildman–Crippen LogP) is 3.02. The third kappa shape index (κ3) is 3.36. The van der Waals surface area contributed by atoms with Crippen molar-refractivity contribution in [2.24, 2.45) is 5.92 Å². The summed E-state index contributed by atoms with van der Waals surface area (Å²) in [5.74, 6) is -0.792. The van der Waals surface area contributed by atoms with Crippen LogP contribution in [0.5, 0.6) is 0 Å². The predicted molar refractivity (Wildman–Crippen MR) is 85.9 cm³/mol. The lowest BCUT2D eigenvalue weighted by atomic mass is 10.1. The Balaban J connectivity index is 1.54. The van der Waals surface area contributed by atoms with E-state index in [-0.39, 0.29) is 30.0 Å². The number of nitrogens with zero attached hydrogens (tertiary/aromatic N) is 1. The SMILES string of the molecule is O=C(O)c1csc(CNC(=O)C2CC2c2cccc(Br)c2)n1. The van der Waals surface area contributed by atoms with Crippen molar-refractivity contribution >= 4 is 39.1 Å². The summed E-state index contributed by atoms with van der Waals surface area (Å²) in [4.78, 5) is 26.8. The molecule has 0 radical (unpaired) electrons. The molecule has 1 saturated carbocycles. The number of amides is 1. The van der Waals surface area contributed by atoms with Gasteiger partial charge in [0, 0.05) is 15.8 Å². The van der Waals surface area contributed by atoms with E-state index in [0.717, 1.165) is 16.5 Å². The molecule has 1 fully saturated rings. The van der Waals surface area contributed by atoms with E-state index in [4.69, 9.17) is 5.11 Å². The molecular weight excluding hydrogens is 368 g/mol. The Morgan fingerprint density at radius 3 is 2.95 bits per heavy atom. The van der Waals surface area contributed by atoms with E-state index in [0.29, 0.717) is 5.01 Å². The zero-order chi connectivity index (χ0) is 15.7. The minimum Gasteiger partial charge on any atom is -0.476 e. The quantitative estimate of drug-likeness (QED) is 0.835. The van der Waals surface area contributed by atoms with Gasteiger partial charge in [-0.15, -0.1) is 11.3 Å². The number of aromatic nitrogens is 1. The molecule has 3 rings (SSSR count). The van der Waals surface area contributed by atoms with Crippen LogP contribution in [0.25, 0.3) is 0 Å². The van der Waals surface area contributed by atoms with E-state index in [9.17, 15) is 9.59 Å². The van der Waals surface area contributed by atoms with E-state index in [1.807, 2.05) is 24.3 Å². The number of hydrogen-bond acceptors (Lipinski definition) is 4. The number of carboxylic acid groups (broad SMARTS) is 1. The summed E-state index contributed by atoms with van der Waals surface area (Å²) in [6, 6.07) is 8.00. The number of rotatable bonds is 5. The van der Waals surface area contributed by atoms with Gasteiger partial charge in [0.25, 0.3) is 0 Å². The summed E-state index contributed by atoms with van der Waals surface area (Å²) in [7, 11) is 0. The van der Waals surface area contributed by atoms with Crippen LogP contribution in [-0.4, -0.2) is 22.0 Å². The van der Waals surface area contributed by atoms with Crippen molar-refractivity contribution in [3.05, 3.63) is 50.4 Å². The summed E-state index contributed by atoms with van der Waals surface area (Å²) in [6.07, 6.45) is 0.848. The van der Waals surface area contributed by atoms with Crippen LogP contribution in [0.2, 0.25) is 0 Å². The number of hydrogen-bond donors (Lipinski definition) is 2. The highest BCUT2D eigenvalue weighted by atomic mass is 79.9. The van der Waals surface area contributed by atoms with Gasteiger partial charge in [-0.25, -0.2) is 9.78 Å². The molecule has 7 heteroatoms. The lowest BCUT2D eigenvalue weighted by Gasteiger charge is -2.03. The van der Waals surface area contributed by atoms with Gasteiger partial charge in [0.2, 0.25) is 5.91 Å². The van der Waals surface area contributed by atoms with Gasteiger partial charge in [-0.2, -0.15) is 0 Å². The van der Waals surface area contributed by atoms with Crippen molar-refractivity contribution in [2.45, 2.75) is 18.9 Å². The first-order chi connectivity index (χ1) is 10.5. The molecule has 2 aromatic rings. The molecule has 0 spiro atoms. The van der Waals surface area contributed by atoms with Crippen LogP contribution in [0.4, 0.5) is 0 Å². The van der Waals surface area contributed by atoms with Crippen molar-refractivity contribution in [2.75, 3.05) is 0 Å². The molecule has 0 saturated heterocycles. The molecule has 1 amide bonds. The van der Waals surface area contributed by atoms with Crippen LogP contribution in [0.15, 0.2) is 34.1 Å². The first-order valence-electron chi connectivity index (χ1n) is 6.75. The summed E-state index contributed by atoms with van der Waals surface area (Å²) < 4.78 is 1.01. The Labute approximate surface area is 139 Å². The van der Waals surface area contributed by atoms with E-state index in [1.54, 1.807) is 0 Å². The van der Waals surface area contributed by atoms with E-state index < -0.39 is 5.97 Å². The van der Waals surface area contributed by atoms with Crippen LogP contribution in [0.3, 0.4) is 0 Å².